The standard InChI is InChI=1S/C14H16N4O3/c1-9(7-11-3-2-6-21-11)17-14(19)12-5-4-10(8-16-12)13(15)18-20/h2-6,8-9,20H,7H2,1H3,(H2,15,18)(H,17,19). The van der Waals surface area contributed by atoms with Crippen LogP contribution in [0.4, 0.5) is 0 Å². The number of nitrogens with two attached hydrogens (primary N) is 1. The molecule has 0 bridgehead atoms. The molecule has 0 aliphatic rings. The molecule has 0 aromatic carbocycles. The zero-order valence-electron chi connectivity index (χ0n) is 11.5. The van der Waals surface area contributed by atoms with Crippen LogP contribution in [0.5, 0.6) is 0 Å². The van der Waals surface area contributed by atoms with Gasteiger partial charge in [-0.2, -0.15) is 0 Å². The highest BCUT2D eigenvalue weighted by molar-refractivity contribution is 5.98. The molecule has 0 radical (unpaired) electrons. The van der Waals surface area contributed by atoms with Gasteiger partial charge in [-0.3, -0.25) is 9.78 Å². The highest BCUT2D eigenvalue weighted by Crippen LogP contribution is 2.05. The van der Waals surface area contributed by atoms with E-state index in [0.29, 0.717) is 12.0 Å². The average molecular weight is 288 g/mol. The van der Waals surface area contributed by atoms with E-state index in [4.69, 9.17) is 15.4 Å². The second-order valence-corrected chi connectivity index (χ2v) is 4.58. The smallest absolute Gasteiger partial charge is 0.270 e. The second kappa shape index (κ2) is 6.56. The number of nitrogens with one attached hydrogen (secondary N) is 1. The first-order valence-electron chi connectivity index (χ1n) is 6.37. The van der Waals surface area contributed by atoms with Crippen LogP contribution in [0, 0.1) is 0 Å². The van der Waals surface area contributed by atoms with Crippen LogP contribution in [0.15, 0.2) is 46.3 Å². The lowest BCUT2D eigenvalue weighted by Crippen LogP contribution is -2.34. The van der Waals surface area contributed by atoms with Gasteiger partial charge in [-0.25, -0.2) is 0 Å². The van der Waals surface area contributed by atoms with E-state index >= 15 is 0 Å². The van der Waals surface area contributed by atoms with E-state index in [0.717, 1.165) is 5.76 Å². The number of aromatic nitrogens is 1. The molecule has 0 aliphatic carbocycles. The minimum atomic E-state index is -0.292. The molecule has 0 aliphatic heterocycles. The molecule has 7 nitrogen and oxygen atoms in total. The van der Waals surface area contributed by atoms with Crippen LogP contribution in [-0.4, -0.2) is 28.0 Å². The van der Waals surface area contributed by atoms with Crippen LogP contribution in [0.3, 0.4) is 0 Å². The lowest BCUT2D eigenvalue weighted by atomic mass is 10.2. The Kier molecular flexibility index (Phi) is 4.55. The first-order chi connectivity index (χ1) is 10.1. The molecule has 2 rings (SSSR count). The molecule has 110 valence electrons. The van der Waals surface area contributed by atoms with E-state index in [-0.39, 0.29) is 23.5 Å². The Hall–Kier alpha value is -2.83. The van der Waals surface area contributed by atoms with E-state index in [1.54, 1.807) is 18.4 Å². The van der Waals surface area contributed by atoms with Gasteiger partial charge < -0.3 is 20.7 Å². The minimum Gasteiger partial charge on any atom is -0.469 e. The number of amidine groups is 1. The van der Waals surface area contributed by atoms with Crippen molar-refractivity contribution in [2.24, 2.45) is 10.9 Å². The molecule has 2 heterocycles. The van der Waals surface area contributed by atoms with Crippen LogP contribution in [0.2, 0.25) is 0 Å². The third kappa shape index (κ3) is 3.82. The predicted molar refractivity (Wildman–Crippen MR) is 76.1 cm³/mol. The fraction of sp³-hybridized carbons (Fsp3) is 0.214. The molecule has 1 amide bonds. The fourth-order valence-corrected chi connectivity index (χ4v) is 1.82. The number of amides is 1. The zero-order chi connectivity index (χ0) is 15.2. The van der Waals surface area contributed by atoms with Crippen molar-refractivity contribution in [2.75, 3.05) is 0 Å². The Labute approximate surface area is 121 Å². The van der Waals surface area contributed by atoms with Gasteiger partial charge in [0.25, 0.3) is 5.91 Å². The number of oxime groups is 1. The van der Waals surface area contributed by atoms with Crippen molar-refractivity contribution in [3.63, 3.8) is 0 Å². The number of carbonyl (C=O) groups excluding carboxylic acids is 1. The molecule has 7 heteroatoms. The highest BCUT2D eigenvalue weighted by atomic mass is 16.4. The van der Waals surface area contributed by atoms with E-state index in [1.807, 2.05) is 13.0 Å². The number of hydrogen-bond acceptors (Lipinski definition) is 5. The number of pyridine rings is 1. The summed E-state index contributed by atoms with van der Waals surface area (Å²) in [6.45, 7) is 1.88. The fourth-order valence-electron chi connectivity index (χ4n) is 1.82. The van der Waals surface area contributed by atoms with Crippen molar-refractivity contribution < 1.29 is 14.4 Å². The van der Waals surface area contributed by atoms with Gasteiger partial charge in [0.1, 0.15) is 11.5 Å². The molecule has 21 heavy (non-hydrogen) atoms. The first kappa shape index (κ1) is 14.6. The summed E-state index contributed by atoms with van der Waals surface area (Å²) in [6.07, 6.45) is 3.57. The van der Waals surface area contributed by atoms with Gasteiger partial charge in [-0.15, -0.1) is 0 Å². The first-order valence-corrected chi connectivity index (χ1v) is 6.37. The number of furan rings is 1. The van der Waals surface area contributed by atoms with Crippen molar-refractivity contribution in [1.29, 1.82) is 0 Å². The van der Waals surface area contributed by atoms with Crippen LogP contribution in [0.25, 0.3) is 0 Å². The molecule has 1 unspecified atom stereocenters. The van der Waals surface area contributed by atoms with Crippen molar-refractivity contribution in [3.05, 3.63) is 53.7 Å². The van der Waals surface area contributed by atoms with E-state index < -0.39 is 0 Å². The third-order valence-electron chi connectivity index (χ3n) is 2.86. The number of hydrogen-bond donors (Lipinski definition) is 3. The van der Waals surface area contributed by atoms with Crippen molar-refractivity contribution in [2.45, 2.75) is 19.4 Å². The van der Waals surface area contributed by atoms with Crippen LogP contribution in [0.1, 0.15) is 28.7 Å². The van der Waals surface area contributed by atoms with Crippen molar-refractivity contribution in [1.82, 2.24) is 10.3 Å². The summed E-state index contributed by atoms with van der Waals surface area (Å²) in [5, 5.41) is 14.2. The SMILES string of the molecule is CC(Cc1ccco1)NC(=O)c1ccc(C(N)=NO)cn1. The monoisotopic (exact) mass is 288 g/mol. The summed E-state index contributed by atoms with van der Waals surface area (Å²) >= 11 is 0. The summed E-state index contributed by atoms with van der Waals surface area (Å²) in [7, 11) is 0. The van der Waals surface area contributed by atoms with E-state index in [2.05, 4.69) is 15.5 Å². The molecule has 0 fully saturated rings. The quantitative estimate of drug-likeness (QED) is 0.330. The predicted octanol–water partition coefficient (Wildman–Crippen LogP) is 1.13. The van der Waals surface area contributed by atoms with Gasteiger partial charge in [0.05, 0.1) is 6.26 Å². The van der Waals surface area contributed by atoms with Gasteiger partial charge in [-0.05, 0) is 31.2 Å². The summed E-state index contributed by atoms with van der Waals surface area (Å²) in [5.74, 6) is 0.457. The normalized spacial score (nSPS) is 12.9. The van der Waals surface area contributed by atoms with Crippen LogP contribution in [-0.2, 0) is 6.42 Å². The Morgan fingerprint density at radius 1 is 1.52 bits per heavy atom. The Bertz CT molecular complexity index is 620. The lowest BCUT2D eigenvalue weighted by molar-refractivity contribution is 0.0934. The van der Waals surface area contributed by atoms with Crippen molar-refractivity contribution >= 4 is 11.7 Å². The van der Waals surface area contributed by atoms with Gasteiger partial charge in [0, 0.05) is 24.2 Å². The largest absolute Gasteiger partial charge is 0.469 e. The van der Waals surface area contributed by atoms with Crippen LogP contribution < -0.4 is 11.1 Å². The summed E-state index contributed by atoms with van der Waals surface area (Å²) in [6, 6.07) is 6.65. The van der Waals surface area contributed by atoms with Gasteiger partial charge >= 0.3 is 0 Å². The van der Waals surface area contributed by atoms with Crippen molar-refractivity contribution in [3.8, 4) is 0 Å². The molecule has 1 atom stereocenters. The topological polar surface area (TPSA) is 114 Å². The van der Waals surface area contributed by atoms with Gasteiger partial charge in [0.2, 0.25) is 0 Å². The molecule has 0 saturated heterocycles. The van der Waals surface area contributed by atoms with Crippen LogP contribution >= 0.6 is 0 Å². The number of carbonyl (C=O) groups is 1. The molecule has 0 saturated carbocycles. The highest BCUT2D eigenvalue weighted by Gasteiger charge is 2.13. The Balaban J connectivity index is 1.96. The summed E-state index contributed by atoms with van der Waals surface area (Å²) in [4.78, 5) is 16.0. The molecule has 4 N–H and O–H groups in total. The molecule has 2 aromatic heterocycles. The van der Waals surface area contributed by atoms with Gasteiger partial charge in [0.15, 0.2) is 5.84 Å². The molecular weight excluding hydrogens is 272 g/mol. The maximum atomic E-state index is 12.0. The second-order valence-electron chi connectivity index (χ2n) is 4.58. The Morgan fingerprint density at radius 3 is 2.90 bits per heavy atom. The zero-order valence-corrected chi connectivity index (χ0v) is 11.5. The summed E-state index contributed by atoms with van der Waals surface area (Å²) < 4.78 is 5.23. The maximum Gasteiger partial charge on any atom is 0.270 e. The Morgan fingerprint density at radius 2 is 2.33 bits per heavy atom. The van der Waals surface area contributed by atoms with E-state index in [1.165, 1.54) is 12.3 Å². The number of rotatable bonds is 5. The third-order valence-corrected chi connectivity index (χ3v) is 2.86. The van der Waals surface area contributed by atoms with Gasteiger partial charge in [-0.1, -0.05) is 5.16 Å². The lowest BCUT2D eigenvalue weighted by Gasteiger charge is -2.12. The number of nitrogens with zero attached hydrogens (tertiary/aromatic N) is 2. The molecule has 2 aromatic rings. The average Bonchev–Trinajstić information content (AvgIpc) is 2.99. The maximum absolute atomic E-state index is 12.0. The summed E-state index contributed by atoms with van der Waals surface area (Å²) in [5.41, 5.74) is 6.13. The molecule has 0 spiro atoms. The minimum absolute atomic E-state index is 0.0550. The molecular formula is C14H16N4O3. The van der Waals surface area contributed by atoms with E-state index in [9.17, 15) is 4.79 Å².